The Morgan fingerprint density at radius 1 is 1.50 bits per heavy atom. The predicted octanol–water partition coefficient (Wildman–Crippen LogP) is 1.36. The van der Waals surface area contributed by atoms with E-state index in [1.54, 1.807) is 13.4 Å². The van der Waals surface area contributed by atoms with Crippen molar-refractivity contribution in [3.05, 3.63) is 12.2 Å². The molecule has 18 heavy (non-hydrogen) atoms. The van der Waals surface area contributed by atoms with E-state index in [1.807, 2.05) is 18.4 Å². The van der Waals surface area contributed by atoms with Crippen LogP contribution in [0.3, 0.4) is 0 Å². The highest BCUT2D eigenvalue weighted by molar-refractivity contribution is 5.74. The highest BCUT2D eigenvalue weighted by atomic mass is 16.5. The van der Waals surface area contributed by atoms with Crippen molar-refractivity contribution >= 4 is 5.97 Å². The molecule has 1 rings (SSSR count). The molecular weight excluding hydrogens is 234 g/mol. The summed E-state index contributed by atoms with van der Waals surface area (Å²) < 4.78 is 6.86. The average molecular weight is 255 g/mol. The second-order valence-electron chi connectivity index (χ2n) is 4.40. The van der Waals surface area contributed by atoms with Gasteiger partial charge < -0.3 is 14.4 Å². The first-order chi connectivity index (χ1) is 8.59. The number of carboxylic acids is 1. The topological polar surface area (TPSA) is 77.2 Å². The number of hydrogen-bond donors (Lipinski definition) is 1. The zero-order chi connectivity index (χ0) is 13.6. The molecular formula is C12H21N3O3. The van der Waals surface area contributed by atoms with Crippen LogP contribution in [-0.4, -0.2) is 39.6 Å². The number of rotatable bonds is 8. The maximum absolute atomic E-state index is 11.5. The molecule has 0 radical (unpaired) electrons. The molecule has 6 heteroatoms. The molecule has 0 unspecified atom stereocenters. The third-order valence-corrected chi connectivity index (χ3v) is 3.54. The van der Waals surface area contributed by atoms with Crippen LogP contribution >= 0.6 is 0 Å². The third-order valence-electron chi connectivity index (χ3n) is 3.54. The van der Waals surface area contributed by atoms with Crippen LogP contribution in [0.4, 0.5) is 0 Å². The molecule has 1 aromatic heterocycles. The summed E-state index contributed by atoms with van der Waals surface area (Å²) in [5, 5.41) is 17.3. The fraction of sp³-hybridized carbons (Fsp3) is 0.750. The SMILES string of the molecule is CCC(CC)(Cc1nncn1CCOC)C(=O)O. The zero-order valence-corrected chi connectivity index (χ0v) is 11.2. The van der Waals surface area contributed by atoms with Gasteiger partial charge in [-0.2, -0.15) is 0 Å². The fourth-order valence-electron chi connectivity index (χ4n) is 1.97. The summed E-state index contributed by atoms with van der Waals surface area (Å²) >= 11 is 0. The monoisotopic (exact) mass is 255 g/mol. The summed E-state index contributed by atoms with van der Waals surface area (Å²) in [4.78, 5) is 11.5. The van der Waals surface area contributed by atoms with Crippen LogP contribution in [0.15, 0.2) is 6.33 Å². The van der Waals surface area contributed by atoms with E-state index in [0.717, 1.165) is 0 Å². The van der Waals surface area contributed by atoms with Crippen molar-refractivity contribution < 1.29 is 14.6 Å². The van der Waals surface area contributed by atoms with E-state index in [1.165, 1.54) is 0 Å². The van der Waals surface area contributed by atoms with Crippen LogP contribution in [0.25, 0.3) is 0 Å². The van der Waals surface area contributed by atoms with Gasteiger partial charge >= 0.3 is 5.97 Å². The van der Waals surface area contributed by atoms with Crippen molar-refractivity contribution in [3.8, 4) is 0 Å². The zero-order valence-electron chi connectivity index (χ0n) is 11.2. The van der Waals surface area contributed by atoms with Crippen molar-refractivity contribution in [2.75, 3.05) is 13.7 Å². The predicted molar refractivity (Wildman–Crippen MR) is 66.3 cm³/mol. The smallest absolute Gasteiger partial charge is 0.310 e. The van der Waals surface area contributed by atoms with E-state index in [0.29, 0.717) is 38.2 Å². The highest BCUT2D eigenvalue weighted by Gasteiger charge is 2.36. The lowest BCUT2D eigenvalue weighted by Crippen LogP contribution is -2.33. The lowest BCUT2D eigenvalue weighted by atomic mass is 9.79. The molecule has 1 aromatic rings. The number of carbonyl (C=O) groups is 1. The quantitative estimate of drug-likeness (QED) is 0.759. The Morgan fingerprint density at radius 3 is 2.67 bits per heavy atom. The molecule has 0 saturated heterocycles. The van der Waals surface area contributed by atoms with Crippen molar-refractivity contribution in [2.24, 2.45) is 5.41 Å². The van der Waals surface area contributed by atoms with E-state index in [-0.39, 0.29) is 0 Å². The standard InChI is InChI=1S/C12H21N3O3/c1-4-12(5-2,11(16)17)8-10-14-13-9-15(10)6-7-18-3/h9H,4-8H2,1-3H3,(H,16,17). The van der Waals surface area contributed by atoms with Crippen LogP contribution in [0.2, 0.25) is 0 Å². The molecule has 0 aromatic carbocycles. The van der Waals surface area contributed by atoms with Gasteiger partial charge in [-0.1, -0.05) is 13.8 Å². The van der Waals surface area contributed by atoms with Crippen molar-refractivity contribution in [3.63, 3.8) is 0 Å². The van der Waals surface area contributed by atoms with Gasteiger partial charge in [0.2, 0.25) is 0 Å². The van der Waals surface area contributed by atoms with Crippen LogP contribution in [0.1, 0.15) is 32.5 Å². The van der Waals surface area contributed by atoms with Gasteiger partial charge in [0.25, 0.3) is 0 Å². The van der Waals surface area contributed by atoms with Gasteiger partial charge in [0, 0.05) is 20.1 Å². The van der Waals surface area contributed by atoms with Crippen LogP contribution in [0.5, 0.6) is 0 Å². The molecule has 1 N–H and O–H groups in total. The summed E-state index contributed by atoms with van der Waals surface area (Å²) in [6.07, 6.45) is 3.18. The molecule has 0 aliphatic heterocycles. The Labute approximate surface area is 107 Å². The van der Waals surface area contributed by atoms with Gasteiger partial charge in [0.05, 0.1) is 12.0 Å². The summed E-state index contributed by atoms with van der Waals surface area (Å²) in [7, 11) is 1.63. The Hall–Kier alpha value is -1.43. The first kappa shape index (κ1) is 14.6. The minimum Gasteiger partial charge on any atom is -0.481 e. The lowest BCUT2D eigenvalue weighted by Gasteiger charge is -2.26. The number of ether oxygens (including phenoxy) is 1. The molecule has 0 aliphatic rings. The molecule has 0 atom stereocenters. The van der Waals surface area contributed by atoms with Crippen molar-refractivity contribution in [2.45, 2.75) is 39.7 Å². The molecule has 102 valence electrons. The van der Waals surface area contributed by atoms with E-state index >= 15 is 0 Å². The molecule has 0 aliphatic carbocycles. The minimum atomic E-state index is -0.770. The number of hydrogen-bond acceptors (Lipinski definition) is 4. The van der Waals surface area contributed by atoms with E-state index in [4.69, 9.17) is 4.74 Å². The van der Waals surface area contributed by atoms with E-state index < -0.39 is 11.4 Å². The van der Waals surface area contributed by atoms with Crippen molar-refractivity contribution in [1.29, 1.82) is 0 Å². The Bertz CT molecular complexity index is 386. The number of methoxy groups -OCH3 is 1. The van der Waals surface area contributed by atoms with Gasteiger partial charge in [-0.15, -0.1) is 10.2 Å². The first-order valence-corrected chi connectivity index (χ1v) is 6.18. The second-order valence-corrected chi connectivity index (χ2v) is 4.40. The fourth-order valence-corrected chi connectivity index (χ4v) is 1.97. The number of nitrogens with zero attached hydrogens (tertiary/aromatic N) is 3. The van der Waals surface area contributed by atoms with Crippen LogP contribution in [-0.2, 0) is 22.5 Å². The van der Waals surface area contributed by atoms with Crippen molar-refractivity contribution in [1.82, 2.24) is 14.8 Å². The van der Waals surface area contributed by atoms with Crippen LogP contribution < -0.4 is 0 Å². The first-order valence-electron chi connectivity index (χ1n) is 6.18. The van der Waals surface area contributed by atoms with Gasteiger partial charge in [-0.3, -0.25) is 4.79 Å². The Morgan fingerprint density at radius 2 is 2.17 bits per heavy atom. The lowest BCUT2D eigenvalue weighted by molar-refractivity contribution is -0.149. The maximum Gasteiger partial charge on any atom is 0.310 e. The summed E-state index contributed by atoms with van der Waals surface area (Å²) in [6.45, 7) is 4.99. The summed E-state index contributed by atoms with van der Waals surface area (Å²) in [5.41, 5.74) is -0.752. The molecule has 0 spiro atoms. The Kier molecular flexibility index (Phi) is 5.27. The molecule has 1 heterocycles. The summed E-state index contributed by atoms with van der Waals surface area (Å²) in [6, 6.07) is 0. The maximum atomic E-state index is 11.5. The molecule has 6 nitrogen and oxygen atoms in total. The second kappa shape index (κ2) is 6.49. The average Bonchev–Trinajstić information content (AvgIpc) is 2.80. The molecule has 0 bridgehead atoms. The van der Waals surface area contributed by atoms with Gasteiger partial charge in [0.15, 0.2) is 0 Å². The van der Waals surface area contributed by atoms with Crippen LogP contribution in [0, 0.1) is 5.41 Å². The van der Waals surface area contributed by atoms with E-state index in [9.17, 15) is 9.90 Å². The minimum absolute atomic E-state index is 0.402. The molecule has 0 saturated carbocycles. The largest absolute Gasteiger partial charge is 0.481 e. The third kappa shape index (κ3) is 3.07. The molecule has 0 fully saturated rings. The number of carboxylic acid groups (broad SMARTS) is 1. The number of aliphatic carboxylic acids is 1. The normalized spacial score (nSPS) is 11.7. The molecule has 0 amide bonds. The highest BCUT2D eigenvalue weighted by Crippen LogP contribution is 2.30. The van der Waals surface area contributed by atoms with Gasteiger partial charge in [-0.05, 0) is 12.8 Å². The van der Waals surface area contributed by atoms with Gasteiger partial charge in [0.1, 0.15) is 12.2 Å². The number of aromatic nitrogens is 3. The van der Waals surface area contributed by atoms with E-state index in [2.05, 4.69) is 10.2 Å². The van der Waals surface area contributed by atoms with Gasteiger partial charge in [-0.25, -0.2) is 0 Å². The Balaban J connectivity index is 2.87. The summed E-state index contributed by atoms with van der Waals surface area (Å²) in [5.74, 6) is -0.0630.